The van der Waals surface area contributed by atoms with Crippen molar-refractivity contribution < 1.29 is 9.90 Å². The molecule has 0 aliphatic carbocycles. The number of aliphatic imine (C=N–C) groups is 1. The molecule has 1 aliphatic rings. The molecule has 0 fully saturated rings. The molecule has 4 heteroatoms. The van der Waals surface area contributed by atoms with Gasteiger partial charge in [-0.05, 0) is 32.0 Å². The van der Waals surface area contributed by atoms with Gasteiger partial charge in [-0.2, -0.15) is 0 Å². The Hall–Kier alpha value is -2.62. The van der Waals surface area contributed by atoms with Crippen molar-refractivity contribution in [1.29, 1.82) is 0 Å². The van der Waals surface area contributed by atoms with Gasteiger partial charge in [-0.1, -0.05) is 24.3 Å². The largest absolute Gasteiger partial charge is 0.508 e. The summed E-state index contributed by atoms with van der Waals surface area (Å²) in [4.78, 5) is 18.8. The topological polar surface area (TPSA) is 52.9 Å². The molecule has 2 aromatic rings. The molecule has 1 aliphatic heterocycles. The Morgan fingerprint density at radius 3 is 2.57 bits per heavy atom. The van der Waals surface area contributed by atoms with Crippen molar-refractivity contribution >= 4 is 23.0 Å². The van der Waals surface area contributed by atoms with Crippen molar-refractivity contribution in [3.8, 4) is 5.75 Å². The Kier molecular flexibility index (Phi) is 3.22. The second kappa shape index (κ2) is 5.05. The highest BCUT2D eigenvalue weighted by atomic mass is 16.3. The molecule has 106 valence electrons. The van der Waals surface area contributed by atoms with E-state index in [0.717, 1.165) is 11.3 Å². The number of para-hydroxylation sites is 1. The number of fused-ring (bicyclic) bond motifs is 1. The Labute approximate surface area is 123 Å². The maximum absolute atomic E-state index is 12.6. The van der Waals surface area contributed by atoms with Gasteiger partial charge in [0.05, 0.1) is 11.4 Å². The maximum atomic E-state index is 12.6. The van der Waals surface area contributed by atoms with Gasteiger partial charge < -0.3 is 10.0 Å². The molecular weight excluding hydrogens is 264 g/mol. The van der Waals surface area contributed by atoms with Crippen LogP contribution in [0.25, 0.3) is 0 Å². The SMILES string of the molecule is CC(C)N1C(=O)C(=Nc2cccc(O)c2)c2ccccc21. The van der Waals surface area contributed by atoms with E-state index in [1.54, 1.807) is 29.2 Å². The number of amides is 1. The molecule has 1 N–H and O–H groups in total. The van der Waals surface area contributed by atoms with E-state index in [-0.39, 0.29) is 17.7 Å². The molecule has 0 spiro atoms. The van der Waals surface area contributed by atoms with Gasteiger partial charge in [-0.3, -0.25) is 4.79 Å². The fraction of sp³-hybridized carbons (Fsp3) is 0.176. The van der Waals surface area contributed by atoms with Crippen LogP contribution in [0.4, 0.5) is 11.4 Å². The normalized spacial score (nSPS) is 15.9. The number of phenolic OH excluding ortho intramolecular Hbond substituents is 1. The minimum absolute atomic E-state index is 0.0653. The molecule has 0 aromatic heterocycles. The molecule has 4 nitrogen and oxygen atoms in total. The summed E-state index contributed by atoms with van der Waals surface area (Å²) in [6.07, 6.45) is 0. The molecule has 1 heterocycles. The number of nitrogens with zero attached hydrogens (tertiary/aromatic N) is 2. The fourth-order valence-electron chi connectivity index (χ4n) is 2.54. The van der Waals surface area contributed by atoms with Gasteiger partial charge in [0.25, 0.3) is 5.91 Å². The van der Waals surface area contributed by atoms with Crippen molar-refractivity contribution in [2.24, 2.45) is 4.99 Å². The molecular formula is C17H16N2O2. The van der Waals surface area contributed by atoms with Crippen LogP contribution >= 0.6 is 0 Å². The predicted molar refractivity (Wildman–Crippen MR) is 83.4 cm³/mol. The van der Waals surface area contributed by atoms with Crippen LogP contribution in [0.1, 0.15) is 19.4 Å². The van der Waals surface area contributed by atoms with Gasteiger partial charge in [0.15, 0.2) is 0 Å². The lowest BCUT2D eigenvalue weighted by molar-refractivity contribution is -0.112. The van der Waals surface area contributed by atoms with Crippen LogP contribution in [0.5, 0.6) is 5.75 Å². The monoisotopic (exact) mass is 280 g/mol. The zero-order valence-electron chi connectivity index (χ0n) is 11.9. The molecule has 2 aromatic carbocycles. The first-order valence-electron chi connectivity index (χ1n) is 6.88. The summed E-state index contributed by atoms with van der Waals surface area (Å²) in [7, 11) is 0. The number of phenols is 1. The van der Waals surface area contributed by atoms with Crippen molar-refractivity contribution in [2.75, 3.05) is 4.90 Å². The molecule has 0 radical (unpaired) electrons. The zero-order chi connectivity index (χ0) is 15.0. The van der Waals surface area contributed by atoms with Crippen molar-refractivity contribution in [1.82, 2.24) is 0 Å². The first-order chi connectivity index (χ1) is 10.1. The van der Waals surface area contributed by atoms with Crippen LogP contribution in [-0.4, -0.2) is 22.8 Å². The number of carbonyl (C=O) groups excluding carboxylic acids is 1. The van der Waals surface area contributed by atoms with Gasteiger partial charge in [-0.25, -0.2) is 4.99 Å². The average molecular weight is 280 g/mol. The molecule has 3 rings (SSSR count). The average Bonchev–Trinajstić information content (AvgIpc) is 2.72. The molecule has 0 atom stereocenters. The van der Waals surface area contributed by atoms with Gasteiger partial charge >= 0.3 is 0 Å². The van der Waals surface area contributed by atoms with Crippen LogP contribution in [0, 0.1) is 0 Å². The Balaban J connectivity index is 2.13. The molecule has 0 saturated carbocycles. The molecule has 0 bridgehead atoms. The lowest BCUT2D eigenvalue weighted by Crippen LogP contribution is -2.35. The van der Waals surface area contributed by atoms with E-state index in [9.17, 15) is 9.90 Å². The first-order valence-corrected chi connectivity index (χ1v) is 6.88. The number of hydrogen-bond donors (Lipinski definition) is 1. The number of rotatable bonds is 2. The van der Waals surface area contributed by atoms with Gasteiger partial charge in [0, 0.05) is 17.7 Å². The van der Waals surface area contributed by atoms with Gasteiger partial charge in [0.1, 0.15) is 11.5 Å². The summed E-state index contributed by atoms with van der Waals surface area (Å²) >= 11 is 0. The summed E-state index contributed by atoms with van der Waals surface area (Å²) in [6, 6.07) is 14.3. The van der Waals surface area contributed by atoms with Crippen LogP contribution in [0.2, 0.25) is 0 Å². The summed E-state index contributed by atoms with van der Waals surface area (Å²) < 4.78 is 0. The zero-order valence-corrected chi connectivity index (χ0v) is 11.9. The van der Waals surface area contributed by atoms with Crippen LogP contribution < -0.4 is 4.90 Å². The minimum atomic E-state index is -0.102. The van der Waals surface area contributed by atoms with Crippen molar-refractivity contribution in [2.45, 2.75) is 19.9 Å². The van der Waals surface area contributed by atoms with E-state index in [0.29, 0.717) is 11.4 Å². The van der Waals surface area contributed by atoms with E-state index in [2.05, 4.69) is 4.99 Å². The summed E-state index contributed by atoms with van der Waals surface area (Å²) in [5.74, 6) is 0.0332. The minimum Gasteiger partial charge on any atom is -0.508 e. The highest BCUT2D eigenvalue weighted by Crippen LogP contribution is 2.32. The highest BCUT2D eigenvalue weighted by molar-refractivity contribution is 6.54. The van der Waals surface area contributed by atoms with Gasteiger partial charge in [-0.15, -0.1) is 0 Å². The highest BCUT2D eigenvalue weighted by Gasteiger charge is 2.35. The Morgan fingerprint density at radius 1 is 1.10 bits per heavy atom. The molecule has 0 unspecified atom stereocenters. The molecule has 0 saturated heterocycles. The van der Waals surface area contributed by atoms with E-state index in [4.69, 9.17) is 0 Å². The van der Waals surface area contributed by atoms with Crippen molar-refractivity contribution in [3.63, 3.8) is 0 Å². The quantitative estimate of drug-likeness (QED) is 0.918. The Morgan fingerprint density at radius 2 is 1.86 bits per heavy atom. The number of aromatic hydroxyl groups is 1. The second-order valence-corrected chi connectivity index (χ2v) is 5.27. The lowest BCUT2D eigenvalue weighted by Gasteiger charge is -2.20. The van der Waals surface area contributed by atoms with Gasteiger partial charge in [0.2, 0.25) is 0 Å². The standard InChI is InChI=1S/C17H16N2O2/c1-11(2)19-15-9-4-3-8-14(15)16(17(19)21)18-12-6-5-7-13(20)10-12/h3-11,20H,1-2H3. The third kappa shape index (κ3) is 2.29. The van der Waals surface area contributed by atoms with E-state index in [1.165, 1.54) is 0 Å². The second-order valence-electron chi connectivity index (χ2n) is 5.27. The van der Waals surface area contributed by atoms with E-state index >= 15 is 0 Å². The predicted octanol–water partition coefficient (Wildman–Crippen LogP) is 3.27. The molecule has 1 amide bonds. The number of hydrogen-bond acceptors (Lipinski definition) is 3. The van der Waals surface area contributed by atoms with Crippen LogP contribution in [-0.2, 0) is 4.79 Å². The maximum Gasteiger partial charge on any atom is 0.277 e. The number of carbonyl (C=O) groups is 1. The Bertz CT molecular complexity index is 735. The fourth-order valence-corrected chi connectivity index (χ4v) is 2.54. The third-order valence-electron chi connectivity index (χ3n) is 3.43. The van der Waals surface area contributed by atoms with E-state index in [1.807, 2.05) is 38.1 Å². The third-order valence-corrected chi connectivity index (χ3v) is 3.43. The molecule has 21 heavy (non-hydrogen) atoms. The van der Waals surface area contributed by atoms with E-state index < -0.39 is 0 Å². The summed E-state index contributed by atoms with van der Waals surface area (Å²) in [6.45, 7) is 3.96. The van der Waals surface area contributed by atoms with Crippen molar-refractivity contribution in [3.05, 3.63) is 54.1 Å². The number of benzene rings is 2. The van der Waals surface area contributed by atoms with Crippen LogP contribution in [0.3, 0.4) is 0 Å². The first kappa shape index (κ1) is 13.4. The summed E-state index contributed by atoms with van der Waals surface area (Å²) in [5.41, 5.74) is 2.71. The van der Waals surface area contributed by atoms with Crippen LogP contribution in [0.15, 0.2) is 53.5 Å². The number of anilines is 1. The smallest absolute Gasteiger partial charge is 0.277 e. The summed E-state index contributed by atoms with van der Waals surface area (Å²) in [5, 5.41) is 9.52. The lowest BCUT2D eigenvalue weighted by atomic mass is 10.1.